The molecule has 86 valence electrons. The normalized spacial score (nSPS) is 11.6. The summed E-state index contributed by atoms with van der Waals surface area (Å²) in [5.74, 6) is -1.18. The molecule has 0 fully saturated rings. The number of fused-ring (bicyclic) bond motifs is 1. The van der Waals surface area contributed by atoms with E-state index in [1.165, 1.54) is 0 Å². The number of imidazole rings is 1. The molecule has 0 bridgehead atoms. The minimum absolute atomic E-state index is 0.505. The molecule has 2 aromatic rings. The van der Waals surface area contributed by atoms with Crippen molar-refractivity contribution in [3.63, 3.8) is 0 Å². The van der Waals surface area contributed by atoms with E-state index in [0.717, 1.165) is 11.0 Å². The predicted octanol–water partition coefficient (Wildman–Crippen LogP) is -0.0465. The zero-order valence-corrected chi connectivity index (χ0v) is 8.50. The Labute approximate surface area is 91.7 Å². The van der Waals surface area contributed by atoms with Crippen molar-refractivity contribution in [3.8, 4) is 0 Å². The topological polar surface area (TPSA) is 112 Å². The van der Waals surface area contributed by atoms with E-state index in [-0.39, 0.29) is 0 Å². The van der Waals surface area contributed by atoms with E-state index < -0.39 is 18.6 Å². The van der Waals surface area contributed by atoms with Crippen LogP contribution in [0.15, 0.2) is 30.6 Å². The van der Waals surface area contributed by atoms with Gasteiger partial charge in [0.1, 0.15) is 6.04 Å². The Kier molecular flexibility index (Phi) is 4.43. The Balaban J connectivity index is 0.000000168. The second-order valence-corrected chi connectivity index (χ2v) is 3.05. The Morgan fingerprint density at radius 3 is 2.69 bits per heavy atom. The molecule has 0 saturated heterocycles. The van der Waals surface area contributed by atoms with Gasteiger partial charge >= 0.3 is 5.97 Å². The van der Waals surface area contributed by atoms with Gasteiger partial charge in [0.2, 0.25) is 0 Å². The minimum Gasteiger partial charge on any atom is -0.480 e. The molecule has 0 amide bonds. The molecule has 2 rings (SSSR count). The van der Waals surface area contributed by atoms with Crippen LogP contribution in [0.1, 0.15) is 0 Å². The van der Waals surface area contributed by atoms with Crippen LogP contribution in [-0.2, 0) is 4.79 Å². The lowest BCUT2D eigenvalue weighted by Crippen LogP contribution is -2.33. The zero-order chi connectivity index (χ0) is 12.0. The average Bonchev–Trinajstić information content (AvgIpc) is 2.76. The molecule has 0 saturated carbocycles. The standard InChI is InChI=1S/C7H6N2.C3H7NO3/c1-2-4-7-6(3-1)8-5-9-7;4-2(1-5)3(6)7/h1-5H,(H,8,9);2,5H,1,4H2,(H,6,7)/t;2-/m.0/s1. The van der Waals surface area contributed by atoms with Crippen molar-refractivity contribution in [2.24, 2.45) is 5.73 Å². The molecule has 6 heteroatoms. The van der Waals surface area contributed by atoms with Gasteiger partial charge < -0.3 is 20.9 Å². The molecule has 5 N–H and O–H groups in total. The molecule has 0 spiro atoms. The van der Waals surface area contributed by atoms with E-state index in [0.29, 0.717) is 0 Å². The number of carbonyl (C=O) groups is 1. The van der Waals surface area contributed by atoms with Crippen LogP contribution in [0.3, 0.4) is 0 Å². The fraction of sp³-hybridized carbons (Fsp3) is 0.200. The number of nitrogens with two attached hydrogens (primary N) is 1. The number of H-pyrrole nitrogens is 1. The Hall–Kier alpha value is -1.92. The number of nitrogens with one attached hydrogen (secondary N) is 1. The maximum atomic E-state index is 9.65. The van der Waals surface area contributed by atoms with Crippen molar-refractivity contribution < 1.29 is 15.0 Å². The van der Waals surface area contributed by atoms with Gasteiger partial charge in [-0.15, -0.1) is 0 Å². The van der Waals surface area contributed by atoms with Crippen LogP contribution < -0.4 is 5.73 Å². The summed E-state index contributed by atoms with van der Waals surface area (Å²) >= 11 is 0. The molecule has 0 aliphatic carbocycles. The van der Waals surface area contributed by atoms with Gasteiger partial charge in [-0.05, 0) is 12.1 Å². The van der Waals surface area contributed by atoms with Gasteiger partial charge in [0.25, 0.3) is 0 Å². The maximum absolute atomic E-state index is 9.65. The second-order valence-electron chi connectivity index (χ2n) is 3.05. The van der Waals surface area contributed by atoms with E-state index in [1.807, 2.05) is 24.3 Å². The molecule has 1 aromatic carbocycles. The van der Waals surface area contributed by atoms with E-state index >= 15 is 0 Å². The molecule has 0 aliphatic heterocycles. The Morgan fingerprint density at radius 1 is 1.50 bits per heavy atom. The van der Waals surface area contributed by atoms with Crippen LogP contribution >= 0.6 is 0 Å². The van der Waals surface area contributed by atoms with Gasteiger partial charge in [0.15, 0.2) is 0 Å². The van der Waals surface area contributed by atoms with Crippen molar-refractivity contribution in [3.05, 3.63) is 30.6 Å². The van der Waals surface area contributed by atoms with Crippen LogP contribution in [0, 0.1) is 0 Å². The predicted molar refractivity (Wildman–Crippen MR) is 58.8 cm³/mol. The van der Waals surface area contributed by atoms with Gasteiger partial charge in [-0.3, -0.25) is 4.79 Å². The summed E-state index contributed by atoms with van der Waals surface area (Å²) in [6.45, 7) is -0.505. The van der Waals surface area contributed by atoms with Crippen LogP contribution in [0.5, 0.6) is 0 Å². The number of aromatic nitrogens is 2. The summed E-state index contributed by atoms with van der Waals surface area (Å²) in [4.78, 5) is 16.7. The highest BCUT2D eigenvalue weighted by Crippen LogP contribution is 2.05. The van der Waals surface area contributed by atoms with Gasteiger partial charge in [0, 0.05) is 0 Å². The van der Waals surface area contributed by atoms with Gasteiger partial charge in [-0.1, -0.05) is 12.1 Å². The summed E-state index contributed by atoms with van der Waals surface area (Å²) in [5, 5.41) is 15.9. The molecular formula is C10H13N3O3. The molecule has 0 unspecified atom stereocenters. The smallest absolute Gasteiger partial charge is 0.322 e. The van der Waals surface area contributed by atoms with Gasteiger partial charge in [0.05, 0.1) is 24.0 Å². The van der Waals surface area contributed by atoms with Crippen LogP contribution in [-0.4, -0.2) is 38.8 Å². The number of aliphatic hydroxyl groups is 1. The zero-order valence-electron chi connectivity index (χ0n) is 8.50. The lowest BCUT2D eigenvalue weighted by Gasteiger charge is -1.96. The van der Waals surface area contributed by atoms with E-state index in [9.17, 15) is 4.79 Å². The molecule has 16 heavy (non-hydrogen) atoms. The lowest BCUT2D eigenvalue weighted by molar-refractivity contribution is -0.139. The first-order valence-electron chi connectivity index (χ1n) is 4.62. The third kappa shape index (κ3) is 3.34. The number of benzene rings is 1. The Morgan fingerprint density at radius 2 is 2.19 bits per heavy atom. The summed E-state index contributed by atoms with van der Waals surface area (Å²) in [6.07, 6.45) is 1.70. The molecular weight excluding hydrogens is 210 g/mol. The third-order valence-corrected chi connectivity index (χ3v) is 1.84. The minimum atomic E-state index is -1.18. The molecule has 1 heterocycles. The number of carboxylic acids is 1. The quantitative estimate of drug-likeness (QED) is 0.570. The highest BCUT2D eigenvalue weighted by Gasteiger charge is 2.06. The summed E-state index contributed by atoms with van der Waals surface area (Å²) in [6, 6.07) is 6.82. The maximum Gasteiger partial charge on any atom is 0.322 e. The highest BCUT2D eigenvalue weighted by molar-refractivity contribution is 5.73. The number of aliphatic hydroxyl groups excluding tert-OH is 1. The molecule has 0 radical (unpaired) electrons. The van der Waals surface area contributed by atoms with Gasteiger partial charge in [-0.2, -0.15) is 0 Å². The molecule has 0 aliphatic rings. The summed E-state index contributed by atoms with van der Waals surface area (Å²) < 4.78 is 0. The monoisotopic (exact) mass is 223 g/mol. The fourth-order valence-corrected chi connectivity index (χ4v) is 0.958. The first kappa shape index (κ1) is 12.2. The number of aliphatic carboxylic acids is 1. The number of carboxylic acid groups (broad SMARTS) is 1. The summed E-state index contributed by atoms with van der Waals surface area (Å²) in [5.41, 5.74) is 6.89. The Bertz CT molecular complexity index is 425. The van der Waals surface area contributed by atoms with Gasteiger partial charge in [-0.25, -0.2) is 4.98 Å². The number of aromatic amines is 1. The van der Waals surface area contributed by atoms with Crippen molar-refractivity contribution >= 4 is 17.0 Å². The fourth-order valence-electron chi connectivity index (χ4n) is 0.958. The van der Waals surface area contributed by atoms with Crippen molar-refractivity contribution in [1.29, 1.82) is 0 Å². The number of hydrogen-bond donors (Lipinski definition) is 4. The number of rotatable bonds is 2. The second kappa shape index (κ2) is 5.84. The third-order valence-electron chi connectivity index (χ3n) is 1.84. The van der Waals surface area contributed by atoms with Crippen molar-refractivity contribution in [2.45, 2.75) is 6.04 Å². The van der Waals surface area contributed by atoms with E-state index in [1.54, 1.807) is 6.33 Å². The number of hydrogen-bond acceptors (Lipinski definition) is 4. The van der Waals surface area contributed by atoms with Crippen LogP contribution in [0.4, 0.5) is 0 Å². The first-order valence-corrected chi connectivity index (χ1v) is 4.62. The summed E-state index contributed by atoms with van der Waals surface area (Å²) in [7, 11) is 0. The largest absolute Gasteiger partial charge is 0.480 e. The van der Waals surface area contributed by atoms with E-state index in [4.69, 9.17) is 15.9 Å². The van der Waals surface area contributed by atoms with Crippen molar-refractivity contribution in [1.82, 2.24) is 9.97 Å². The highest BCUT2D eigenvalue weighted by atomic mass is 16.4. The molecule has 6 nitrogen and oxygen atoms in total. The van der Waals surface area contributed by atoms with E-state index in [2.05, 4.69) is 9.97 Å². The SMILES string of the molecule is N[C@@H](CO)C(=O)O.c1ccc2[nH]cnc2c1. The first-order chi connectivity index (χ1) is 7.65. The number of nitrogens with zero attached hydrogens (tertiary/aromatic N) is 1. The molecule has 1 atom stereocenters. The lowest BCUT2D eigenvalue weighted by atomic mass is 10.3. The van der Waals surface area contributed by atoms with Crippen LogP contribution in [0.25, 0.3) is 11.0 Å². The average molecular weight is 223 g/mol. The van der Waals surface area contributed by atoms with Crippen LogP contribution in [0.2, 0.25) is 0 Å². The van der Waals surface area contributed by atoms with Crippen molar-refractivity contribution in [2.75, 3.05) is 6.61 Å². The number of para-hydroxylation sites is 2. The molecule has 1 aromatic heterocycles.